The molecule has 0 aliphatic carbocycles. The number of ether oxygens (including phenoxy) is 2. The van der Waals surface area contributed by atoms with Gasteiger partial charge in [0.1, 0.15) is 0 Å². The number of nitro groups is 1. The van der Waals surface area contributed by atoms with Crippen LogP contribution in [0.25, 0.3) is 0 Å². The smallest absolute Gasteiger partial charge is 0.488 e. The van der Waals surface area contributed by atoms with Crippen LogP contribution >= 0.6 is 11.6 Å². The van der Waals surface area contributed by atoms with E-state index in [1.165, 1.54) is 0 Å². The highest BCUT2D eigenvalue weighted by atomic mass is 35.5. The van der Waals surface area contributed by atoms with E-state index in [-0.39, 0.29) is 0 Å². The summed E-state index contributed by atoms with van der Waals surface area (Å²) < 4.78 is 44.0. The molecule has 19 heavy (non-hydrogen) atoms. The van der Waals surface area contributed by atoms with Crippen LogP contribution in [0.1, 0.15) is 10.4 Å². The Hall–Kier alpha value is -2.10. The zero-order valence-electron chi connectivity index (χ0n) is 9.02. The number of nitrogens with zero attached hydrogens (tertiary/aromatic N) is 2. The number of methoxy groups -OCH3 is 1. The van der Waals surface area contributed by atoms with Crippen LogP contribution in [0.5, 0.6) is 11.6 Å². The Morgan fingerprint density at radius 1 is 1.53 bits per heavy atom. The van der Waals surface area contributed by atoms with Gasteiger partial charge in [0.15, 0.2) is 0 Å². The van der Waals surface area contributed by atoms with E-state index in [9.17, 15) is 28.1 Å². The summed E-state index contributed by atoms with van der Waals surface area (Å²) >= 11 is 5.10. The van der Waals surface area contributed by atoms with Crippen LogP contribution in [0, 0.1) is 10.1 Å². The van der Waals surface area contributed by atoms with Crippen molar-refractivity contribution in [2.75, 3.05) is 7.11 Å². The third-order valence-corrected chi connectivity index (χ3v) is 1.94. The first-order valence-corrected chi connectivity index (χ1v) is 4.72. The summed E-state index contributed by atoms with van der Waals surface area (Å²) in [5, 5.41) is 9.39. The van der Waals surface area contributed by atoms with Gasteiger partial charge in [0, 0.05) is 11.1 Å². The molecule has 0 aromatic carbocycles. The molecular weight excluding hydrogens is 297 g/mol. The molecule has 0 saturated carbocycles. The van der Waals surface area contributed by atoms with Crippen molar-refractivity contribution < 1.29 is 32.4 Å². The molecule has 0 N–H and O–H groups in total. The number of hydrogen-bond acceptors (Lipinski definition) is 6. The van der Waals surface area contributed by atoms with Gasteiger partial charge in [-0.15, -0.1) is 13.2 Å². The van der Waals surface area contributed by atoms with Crippen LogP contribution < -0.4 is 9.47 Å². The normalized spacial score (nSPS) is 11.0. The number of aromatic nitrogens is 1. The fraction of sp³-hybridized carbons (Fsp3) is 0.250. The van der Waals surface area contributed by atoms with Crippen molar-refractivity contribution in [3.63, 3.8) is 0 Å². The van der Waals surface area contributed by atoms with E-state index in [4.69, 9.17) is 11.6 Å². The highest BCUT2D eigenvalue weighted by molar-refractivity contribution is 6.68. The summed E-state index contributed by atoms with van der Waals surface area (Å²) in [6.07, 6.45) is -5.12. The molecule has 1 aromatic heterocycles. The Balaban J connectivity index is 3.45. The molecule has 0 bridgehead atoms. The third kappa shape index (κ3) is 3.68. The first kappa shape index (κ1) is 15.0. The number of carbonyl (C=O) groups is 1. The zero-order valence-corrected chi connectivity index (χ0v) is 9.78. The highest BCUT2D eigenvalue weighted by Gasteiger charge is 2.36. The van der Waals surface area contributed by atoms with Crippen LogP contribution in [0.4, 0.5) is 19.0 Å². The van der Waals surface area contributed by atoms with Gasteiger partial charge in [0.2, 0.25) is 5.75 Å². The maximum Gasteiger partial charge on any atom is 0.575 e. The molecule has 0 amide bonds. The quantitative estimate of drug-likeness (QED) is 0.481. The lowest BCUT2D eigenvalue weighted by atomic mass is 10.2. The van der Waals surface area contributed by atoms with Crippen molar-refractivity contribution in [2.24, 2.45) is 0 Å². The van der Waals surface area contributed by atoms with Gasteiger partial charge in [-0.25, -0.2) is 0 Å². The number of rotatable bonds is 4. The van der Waals surface area contributed by atoms with Crippen LogP contribution in [0.15, 0.2) is 6.07 Å². The number of hydrogen-bond donors (Lipinski definition) is 0. The van der Waals surface area contributed by atoms with Gasteiger partial charge in [0.05, 0.1) is 12.7 Å². The lowest BCUT2D eigenvalue weighted by molar-refractivity contribution is -0.390. The van der Waals surface area contributed by atoms with Gasteiger partial charge in [-0.1, -0.05) is 0 Å². The number of alkyl halides is 3. The second-order valence-electron chi connectivity index (χ2n) is 2.94. The number of pyridine rings is 1. The van der Waals surface area contributed by atoms with E-state index in [2.05, 4.69) is 14.5 Å². The molecule has 1 heterocycles. The molecule has 0 unspecified atom stereocenters. The van der Waals surface area contributed by atoms with Crippen LogP contribution in [-0.2, 0) is 0 Å². The summed E-state index contributed by atoms with van der Waals surface area (Å²) in [4.78, 5) is 23.5. The molecule has 11 heteroatoms. The van der Waals surface area contributed by atoms with Gasteiger partial charge in [-0.3, -0.25) is 4.79 Å². The summed E-state index contributed by atoms with van der Waals surface area (Å²) in [6.45, 7) is 0. The molecule has 1 aromatic rings. The van der Waals surface area contributed by atoms with Crippen molar-refractivity contribution in [1.29, 1.82) is 0 Å². The molecule has 1 rings (SSSR count). The highest BCUT2D eigenvalue weighted by Crippen LogP contribution is 2.34. The van der Waals surface area contributed by atoms with Crippen molar-refractivity contribution >= 4 is 22.7 Å². The molecular formula is C8H4ClF3N2O5. The fourth-order valence-corrected chi connectivity index (χ4v) is 1.28. The van der Waals surface area contributed by atoms with Gasteiger partial charge in [-0.05, 0) is 16.5 Å². The third-order valence-electron chi connectivity index (χ3n) is 1.74. The summed E-state index contributed by atoms with van der Waals surface area (Å²) in [5.41, 5.74) is -0.662. The first-order valence-electron chi connectivity index (χ1n) is 4.34. The number of halogens is 4. The maximum absolute atomic E-state index is 12.0. The molecule has 0 radical (unpaired) electrons. The van der Waals surface area contributed by atoms with E-state index in [1.807, 2.05) is 0 Å². The molecule has 0 atom stereocenters. The maximum atomic E-state index is 12.0. The predicted molar refractivity (Wildman–Crippen MR) is 54.3 cm³/mol. The monoisotopic (exact) mass is 300 g/mol. The van der Waals surface area contributed by atoms with Crippen LogP contribution in [0.2, 0.25) is 0 Å². The molecule has 0 saturated heterocycles. The Morgan fingerprint density at radius 2 is 2.11 bits per heavy atom. The van der Waals surface area contributed by atoms with Gasteiger partial charge in [-0.2, -0.15) is 0 Å². The predicted octanol–water partition coefficient (Wildman–Crippen LogP) is 2.28. The van der Waals surface area contributed by atoms with Crippen molar-refractivity contribution in [2.45, 2.75) is 6.36 Å². The van der Waals surface area contributed by atoms with Crippen LogP contribution in [-0.4, -0.2) is 28.6 Å². The lowest BCUT2D eigenvalue weighted by Crippen LogP contribution is -2.18. The Bertz CT molecular complexity index is 499. The molecule has 0 fully saturated rings. The number of carbonyl (C=O) groups excluding carboxylic acids is 1. The average Bonchev–Trinajstić information content (AvgIpc) is 2.25. The molecule has 104 valence electrons. The SMILES string of the molecule is COc1c(C(=O)Cl)cc(OC(F)(F)F)nc1[N+](=O)[O-]. The summed E-state index contributed by atoms with van der Waals surface area (Å²) in [7, 11) is 0.970. The van der Waals surface area contributed by atoms with E-state index in [1.54, 1.807) is 0 Å². The molecule has 0 aliphatic heterocycles. The largest absolute Gasteiger partial charge is 0.575 e. The lowest BCUT2D eigenvalue weighted by Gasteiger charge is -2.08. The van der Waals surface area contributed by atoms with E-state index >= 15 is 0 Å². The standard InChI is InChI=1S/C8H4ClF3N2O5/c1-18-5-3(6(9)15)2-4(19-8(10,11)12)13-7(5)14(16)17/h2H,1H3. The Morgan fingerprint density at radius 3 is 2.47 bits per heavy atom. The van der Waals surface area contributed by atoms with E-state index < -0.39 is 39.5 Å². The average molecular weight is 301 g/mol. The van der Waals surface area contributed by atoms with Gasteiger partial charge < -0.3 is 19.6 Å². The second kappa shape index (κ2) is 5.26. The molecule has 7 nitrogen and oxygen atoms in total. The minimum atomic E-state index is -5.12. The fourth-order valence-electron chi connectivity index (χ4n) is 1.14. The molecule has 0 aliphatic rings. The Kier molecular flexibility index (Phi) is 4.14. The van der Waals surface area contributed by atoms with Gasteiger partial charge >= 0.3 is 18.1 Å². The summed E-state index contributed by atoms with van der Waals surface area (Å²) in [6, 6.07) is 0.495. The van der Waals surface area contributed by atoms with Crippen molar-refractivity contribution in [1.82, 2.24) is 4.98 Å². The van der Waals surface area contributed by atoms with Crippen molar-refractivity contribution in [3.8, 4) is 11.6 Å². The van der Waals surface area contributed by atoms with Gasteiger partial charge in [0.25, 0.3) is 5.24 Å². The van der Waals surface area contributed by atoms with E-state index in [0.717, 1.165) is 7.11 Å². The minimum absolute atomic E-state index is 0.495. The van der Waals surface area contributed by atoms with E-state index in [0.29, 0.717) is 6.07 Å². The molecule has 0 spiro atoms. The minimum Gasteiger partial charge on any atom is -0.488 e. The Labute approximate surface area is 108 Å². The van der Waals surface area contributed by atoms with Crippen LogP contribution in [0.3, 0.4) is 0 Å². The summed E-state index contributed by atoms with van der Waals surface area (Å²) in [5.74, 6) is -2.96. The second-order valence-corrected chi connectivity index (χ2v) is 3.29. The van der Waals surface area contributed by atoms with Crippen molar-refractivity contribution in [3.05, 3.63) is 21.7 Å². The zero-order chi connectivity index (χ0) is 14.8. The topological polar surface area (TPSA) is 91.6 Å². The first-order chi connectivity index (χ1) is 8.65.